The topological polar surface area (TPSA) is 86.7 Å². The zero-order chi connectivity index (χ0) is 23.7. The third kappa shape index (κ3) is 18.3. The lowest BCUT2D eigenvalue weighted by Crippen LogP contribution is -2.35. The summed E-state index contributed by atoms with van der Waals surface area (Å²) in [5, 5.41) is 11.1. The number of amides is 1. The molecule has 6 nitrogen and oxygen atoms in total. The highest BCUT2D eigenvalue weighted by Gasteiger charge is 2.16. The van der Waals surface area contributed by atoms with Crippen molar-refractivity contribution >= 4 is 18.2 Å². The Balaban J connectivity index is 0. The number of likely N-dealkylation sites (tertiary alicyclic amines) is 1. The number of carbonyl (C=O) groups excluding carboxylic acids is 2. The van der Waals surface area contributed by atoms with Crippen LogP contribution in [0.25, 0.3) is 0 Å². The van der Waals surface area contributed by atoms with Crippen molar-refractivity contribution in [3.8, 4) is 0 Å². The van der Waals surface area contributed by atoms with Gasteiger partial charge < -0.3 is 15.3 Å². The molecule has 1 heterocycles. The number of carboxylic acid groups (broad SMARTS) is 1. The van der Waals surface area contributed by atoms with Crippen LogP contribution in [-0.4, -0.2) is 53.8 Å². The van der Waals surface area contributed by atoms with Gasteiger partial charge in [0, 0.05) is 18.0 Å². The van der Waals surface area contributed by atoms with Crippen molar-refractivity contribution in [3.63, 3.8) is 0 Å². The molecule has 1 aliphatic rings. The predicted molar refractivity (Wildman–Crippen MR) is 124 cm³/mol. The third-order valence-electron chi connectivity index (χ3n) is 4.62. The van der Waals surface area contributed by atoms with Gasteiger partial charge in [-0.25, -0.2) is 4.79 Å². The van der Waals surface area contributed by atoms with Gasteiger partial charge in [-0.1, -0.05) is 47.1 Å². The first-order valence-electron chi connectivity index (χ1n) is 11.3. The molecule has 1 atom stereocenters. The summed E-state index contributed by atoms with van der Waals surface area (Å²) in [5.74, 6) is -0.198. The number of rotatable bonds is 9. The van der Waals surface area contributed by atoms with E-state index in [1.54, 1.807) is 6.08 Å². The molecule has 0 unspecified atom stereocenters. The summed E-state index contributed by atoms with van der Waals surface area (Å²) in [7, 11) is 0. The number of carboxylic acids is 1. The van der Waals surface area contributed by atoms with Crippen LogP contribution < -0.4 is 5.32 Å². The molecule has 1 rings (SSSR count). The van der Waals surface area contributed by atoms with Gasteiger partial charge in [-0.2, -0.15) is 0 Å². The van der Waals surface area contributed by atoms with Crippen molar-refractivity contribution in [1.29, 1.82) is 0 Å². The van der Waals surface area contributed by atoms with Crippen LogP contribution in [0.1, 0.15) is 81.1 Å². The van der Waals surface area contributed by atoms with E-state index in [0.29, 0.717) is 6.41 Å². The Morgan fingerprint density at radius 2 is 1.50 bits per heavy atom. The van der Waals surface area contributed by atoms with Crippen molar-refractivity contribution in [3.05, 3.63) is 11.6 Å². The lowest BCUT2D eigenvalue weighted by Gasteiger charge is -2.29. The quantitative estimate of drug-likeness (QED) is 0.417. The number of nitrogens with zero attached hydrogens (tertiary/aromatic N) is 1. The molecule has 1 amide bonds. The number of Topliss-reactive ketones (excluding diaryl/α,β-unsaturated/α-hetero) is 1. The van der Waals surface area contributed by atoms with Crippen LogP contribution in [0.2, 0.25) is 0 Å². The molecule has 0 saturated carbocycles. The second-order valence-corrected chi connectivity index (χ2v) is 9.23. The summed E-state index contributed by atoms with van der Waals surface area (Å²) in [6, 6.07) is 0.769. The summed E-state index contributed by atoms with van der Waals surface area (Å²) in [4.78, 5) is 34.8. The van der Waals surface area contributed by atoms with Crippen molar-refractivity contribution < 1.29 is 19.5 Å². The normalized spacial score (nSPS) is 15.6. The Morgan fingerprint density at radius 1 is 1.00 bits per heavy atom. The molecule has 1 saturated heterocycles. The Morgan fingerprint density at radius 3 is 1.83 bits per heavy atom. The van der Waals surface area contributed by atoms with E-state index in [-0.39, 0.29) is 36.2 Å². The van der Waals surface area contributed by atoms with Gasteiger partial charge in [0.2, 0.25) is 6.41 Å². The Labute approximate surface area is 184 Å². The van der Waals surface area contributed by atoms with E-state index >= 15 is 0 Å². The second-order valence-electron chi connectivity index (χ2n) is 9.23. The second kappa shape index (κ2) is 18.1. The molecule has 0 aromatic rings. The minimum Gasteiger partial charge on any atom is -0.478 e. The van der Waals surface area contributed by atoms with Gasteiger partial charge in [-0.05, 0) is 64.5 Å². The highest BCUT2D eigenvalue weighted by molar-refractivity contribution is 5.86. The first kappa shape index (κ1) is 30.5. The number of aliphatic carboxylic acids is 1. The zero-order valence-corrected chi connectivity index (χ0v) is 20.5. The maximum atomic E-state index is 11.5. The molecule has 1 aliphatic heterocycles. The molecular weight excluding hydrogens is 380 g/mol. The average molecular weight is 427 g/mol. The highest BCUT2D eigenvalue weighted by atomic mass is 16.4. The van der Waals surface area contributed by atoms with E-state index in [1.807, 2.05) is 13.8 Å². The number of hydrogen-bond donors (Lipinski definition) is 2. The summed E-state index contributed by atoms with van der Waals surface area (Å²) in [6.45, 7) is 19.1. The van der Waals surface area contributed by atoms with E-state index < -0.39 is 5.97 Å². The van der Waals surface area contributed by atoms with Crippen LogP contribution in [0.4, 0.5) is 0 Å². The van der Waals surface area contributed by atoms with Gasteiger partial charge >= 0.3 is 5.97 Å². The molecule has 0 aliphatic carbocycles. The minimum absolute atomic E-state index is 0.00726. The zero-order valence-electron chi connectivity index (χ0n) is 20.5. The molecule has 30 heavy (non-hydrogen) atoms. The molecule has 2 N–H and O–H groups in total. The highest BCUT2D eigenvalue weighted by Crippen LogP contribution is 2.19. The Bertz CT molecular complexity index is 505. The number of carbonyl (C=O) groups is 3. The Hall–Kier alpha value is -1.69. The maximum absolute atomic E-state index is 11.5. The first-order valence-corrected chi connectivity index (χ1v) is 11.3. The third-order valence-corrected chi connectivity index (χ3v) is 4.62. The number of allylic oxidation sites excluding steroid dienone is 1. The van der Waals surface area contributed by atoms with Crippen LogP contribution in [0.15, 0.2) is 11.6 Å². The molecular formula is C24H46N2O4. The van der Waals surface area contributed by atoms with Crippen molar-refractivity contribution in [1.82, 2.24) is 10.2 Å². The number of ketones is 1. The van der Waals surface area contributed by atoms with E-state index in [9.17, 15) is 14.4 Å². The molecule has 0 aromatic carbocycles. The SMILES string of the molecule is C/C(=C\[C@@H](CC(=O)CNC=O)C(C)C)C(=O)O.CC(C)C.CC(C)N1CCCCC1. The smallest absolute Gasteiger partial charge is 0.330 e. The predicted octanol–water partition coefficient (Wildman–Crippen LogP) is 4.54. The minimum atomic E-state index is -0.978. The van der Waals surface area contributed by atoms with Crippen molar-refractivity contribution in [2.45, 2.75) is 87.1 Å². The molecule has 0 bridgehead atoms. The average Bonchev–Trinajstić information content (AvgIpc) is 2.66. The van der Waals surface area contributed by atoms with Gasteiger partial charge in [0.05, 0.1) is 6.54 Å². The standard InChI is InChI=1S/C12H19NO4.C8H17N.C4H10/c1-8(2)10(4-9(3)12(16)17)5-11(15)6-13-7-14;1-8(2)9-6-4-3-5-7-9;1-4(2)3/h4,7-8,10H,5-6H2,1-3H3,(H,13,14)(H,16,17);8H,3-7H2,1-2H3;4H,1-3H3/b9-4+;;/t10-;;/m0../s1. The van der Waals surface area contributed by atoms with Gasteiger partial charge in [0.1, 0.15) is 0 Å². The molecule has 0 aromatic heterocycles. The van der Waals surface area contributed by atoms with Crippen LogP contribution in [-0.2, 0) is 14.4 Å². The van der Waals surface area contributed by atoms with Crippen molar-refractivity contribution in [2.24, 2.45) is 17.8 Å². The molecule has 176 valence electrons. The first-order chi connectivity index (χ1) is 13.9. The van der Waals surface area contributed by atoms with Crippen LogP contribution in [0.3, 0.4) is 0 Å². The molecule has 0 spiro atoms. The molecule has 6 heteroatoms. The summed E-state index contributed by atoms with van der Waals surface area (Å²) >= 11 is 0. The lowest BCUT2D eigenvalue weighted by molar-refractivity contribution is -0.132. The van der Waals surface area contributed by atoms with Gasteiger partial charge in [0.25, 0.3) is 0 Å². The number of hydrogen-bond acceptors (Lipinski definition) is 4. The summed E-state index contributed by atoms with van der Waals surface area (Å²) < 4.78 is 0. The molecule has 0 radical (unpaired) electrons. The fraction of sp³-hybridized carbons (Fsp3) is 0.792. The number of nitrogens with one attached hydrogen (secondary N) is 1. The van der Waals surface area contributed by atoms with Crippen molar-refractivity contribution in [2.75, 3.05) is 19.6 Å². The largest absolute Gasteiger partial charge is 0.478 e. The lowest BCUT2D eigenvalue weighted by atomic mass is 9.89. The Kier molecular flexibility index (Phi) is 18.4. The van der Waals surface area contributed by atoms with E-state index in [0.717, 1.165) is 12.0 Å². The van der Waals surface area contributed by atoms with E-state index in [1.165, 1.54) is 39.3 Å². The number of piperidine rings is 1. The maximum Gasteiger partial charge on any atom is 0.330 e. The fourth-order valence-corrected chi connectivity index (χ4v) is 2.80. The van der Waals surface area contributed by atoms with Gasteiger partial charge in [-0.3, -0.25) is 9.59 Å². The molecule has 1 fully saturated rings. The monoisotopic (exact) mass is 426 g/mol. The fourth-order valence-electron chi connectivity index (χ4n) is 2.80. The van der Waals surface area contributed by atoms with E-state index in [2.05, 4.69) is 44.8 Å². The summed E-state index contributed by atoms with van der Waals surface area (Å²) in [6.07, 6.45) is 6.59. The summed E-state index contributed by atoms with van der Waals surface area (Å²) in [5.41, 5.74) is 0.236. The van der Waals surface area contributed by atoms with Crippen LogP contribution in [0.5, 0.6) is 0 Å². The van der Waals surface area contributed by atoms with E-state index in [4.69, 9.17) is 5.11 Å². The van der Waals surface area contributed by atoms with Crippen LogP contribution >= 0.6 is 0 Å². The van der Waals surface area contributed by atoms with Gasteiger partial charge in [-0.15, -0.1) is 0 Å². The van der Waals surface area contributed by atoms with Gasteiger partial charge in [0.15, 0.2) is 5.78 Å². The van der Waals surface area contributed by atoms with Crippen LogP contribution in [0, 0.1) is 17.8 Å².